The minimum absolute atomic E-state index is 0.00350. The van der Waals surface area contributed by atoms with Crippen LogP contribution in [0.5, 0.6) is 0 Å². The van der Waals surface area contributed by atoms with Crippen molar-refractivity contribution in [3.05, 3.63) is 76.1 Å². The van der Waals surface area contributed by atoms with E-state index in [9.17, 15) is 9.59 Å². The first-order valence-corrected chi connectivity index (χ1v) is 11.7. The first-order chi connectivity index (χ1) is 14.6. The fraction of sp³-hybridized carbons (Fsp3) is 0.318. The number of hydrogen-bond donors (Lipinski definition) is 1. The van der Waals surface area contributed by atoms with Crippen molar-refractivity contribution in [2.75, 3.05) is 5.75 Å². The second-order valence-electron chi connectivity index (χ2n) is 7.14. The van der Waals surface area contributed by atoms with E-state index in [2.05, 4.69) is 24.4 Å². The van der Waals surface area contributed by atoms with Crippen LogP contribution >= 0.6 is 23.5 Å². The maximum atomic E-state index is 13.2. The van der Waals surface area contributed by atoms with Gasteiger partial charge in [0.25, 0.3) is 5.56 Å². The zero-order chi connectivity index (χ0) is 20.9. The molecule has 4 rings (SSSR count). The van der Waals surface area contributed by atoms with Gasteiger partial charge in [-0.3, -0.25) is 14.2 Å². The summed E-state index contributed by atoms with van der Waals surface area (Å²) in [6, 6.07) is 13.7. The number of fused-ring (bicyclic) bond motifs is 1. The lowest BCUT2D eigenvalue weighted by Gasteiger charge is -2.13. The number of rotatable bonds is 8. The van der Waals surface area contributed by atoms with Gasteiger partial charge in [0.2, 0.25) is 5.91 Å². The van der Waals surface area contributed by atoms with Gasteiger partial charge >= 0.3 is 0 Å². The highest BCUT2D eigenvalue weighted by Gasteiger charge is 2.26. The van der Waals surface area contributed by atoms with Crippen LogP contribution in [0.3, 0.4) is 0 Å². The van der Waals surface area contributed by atoms with E-state index in [-0.39, 0.29) is 17.2 Å². The molecule has 0 fully saturated rings. The Balaban J connectivity index is 1.48. The van der Waals surface area contributed by atoms with Crippen LogP contribution < -0.4 is 10.9 Å². The van der Waals surface area contributed by atoms with Crippen LogP contribution in [0.25, 0.3) is 0 Å². The predicted molar refractivity (Wildman–Crippen MR) is 119 cm³/mol. The normalized spacial score (nSPS) is 15.2. The van der Waals surface area contributed by atoms with Gasteiger partial charge in [0.05, 0.1) is 29.2 Å². The Morgan fingerprint density at radius 3 is 2.90 bits per heavy atom. The fourth-order valence-corrected chi connectivity index (χ4v) is 5.29. The molecular formula is C22H23N3O3S2. The number of amides is 1. The van der Waals surface area contributed by atoms with E-state index in [1.165, 1.54) is 11.8 Å². The molecule has 0 unspecified atom stereocenters. The smallest absolute Gasteiger partial charge is 0.268 e. The van der Waals surface area contributed by atoms with Gasteiger partial charge in [0.1, 0.15) is 5.76 Å². The number of benzene rings is 1. The van der Waals surface area contributed by atoms with Crippen LogP contribution in [0.15, 0.2) is 68.0 Å². The van der Waals surface area contributed by atoms with Crippen LogP contribution in [0.2, 0.25) is 0 Å². The van der Waals surface area contributed by atoms with Crippen molar-refractivity contribution in [3.63, 3.8) is 0 Å². The Labute approximate surface area is 183 Å². The first kappa shape index (κ1) is 20.8. The number of furan rings is 1. The Bertz CT molecular complexity index is 1070. The molecule has 6 nitrogen and oxygen atoms in total. The highest BCUT2D eigenvalue weighted by Crippen LogP contribution is 2.34. The number of nitrogens with one attached hydrogen (secondary N) is 1. The van der Waals surface area contributed by atoms with E-state index in [0.29, 0.717) is 29.3 Å². The van der Waals surface area contributed by atoms with E-state index >= 15 is 0 Å². The molecule has 8 heteroatoms. The lowest BCUT2D eigenvalue weighted by atomic mass is 10.1. The minimum atomic E-state index is -0.122. The molecule has 156 valence electrons. The molecule has 0 bridgehead atoms. The van der Waals surface area contributed by atoms with E-state index < -0.39 is 0 Å². The molecule has 1 atom stereocenters. The quantitative estimate of drug-likeness (QED) is 0.426. The van der Waals surface area contributed by atoms with Gasteiger partial charge in [-0.15, -0.1) is 11.8 Å². The van der Waals surface area contributed by atoms with Crippen molar-refractivity contribution in [3.8, 4) is 0 Å². The third kappa shape index (κ3) is 4.99. The summed E-state index contributed by atoms with van der Waals surface area (Å²) in [4.78, 5) is 30.9. The summed E-state index contributed by atoms with van der Waals surface area (Å²) in [5.74, 6) is 0.776. The highest BCUT2D eigenvalue weighted by atomic mass is 32.2. The third-order valence-electron chi connectivity index (χ3n) is 4.80. The molecule has 0 spiro atoms. The topological polar surface area (TPSA) is 77.1 Å². The van der Waals surface area contributed by atoms with Crippen molar-refractivity contribution in [1.82, 2.24) is 14.9 Å². The molecule has 0 aliphatic carbocycles. The maximum Gasteiger partial charge on any atom is 0.268 e. The summed E-state index contributed by atoms with van der Waals surface area (Å²) < 4.78 is 6.96. The highest BCUT2D eigenvalue weighted by molar-refractivity contribution is 8.00. The van der Waals surface area contributed by atoms with Gasteiger partial charge < -0.3 is 9.73 Å². The Kier molecular flexibility index (Phi) is 6.64. The first-order valence-electron chi connectivity index (χ1n) is 9.86. The number of nitrogens with zero attached hydrogens (tertiary/aromatic N) is 2. The molecule has 2 aromatic heterocycles. The molecule has 3 heterocycles. The molecule has 0 radical (unpaired) electrons. The van der Waals surface area contributed by atoms with Crippen LogP contribution in [-0.2, 0) is 30.7 Å². The van der Waals surface area contributed by atoms with E-state index in [1.807, 2.05) is 24.3 Å². The Morgan fingerprint density at radius 2 is 2.13 bits per heavy atom. The lowest BCUT2D eigenvalue weighted by Crippen LogP contribution is -2.28. The molecule has 1 aliphatic heterocycles. The summed E-state index contributed by atoms with van der Waals surface area (Å²) in [6.45, 7) is 2.99. The summed E-state index contributed by atoms with van der Waals surface area (Å²) in [7, 11) is 0. The van der Waals surface area contributed by atoms with Crippen molar-refractivity contribution in [2.24, 2.45) is 0 Å². The average molecular weight is 442 g/mol. The van der Waals surface area contributed by atoms with Crippen LogP contribution in [-0.4, -0.2) is 26.5 Å². The molecule has 1 aliphatic rings. The molecule has 1 amide bonds. The number of aryl methyl sites for hydroxylation is 1. The standard InChI is InChI=1S/C22H23N3O3S2/c1-15-12-18-20(30-15)21(27)25(10-9-16-6-3-2-4-7-16)22(24-18)29-14-19(26)23-13-17-8-5-11-28-17/h2-8,11,15H,9-10,12-14H2,1H3,(H,23,26)/t15-/m1/s1. The van der Waals surface area contributed by atoms with Crippen molar-refractivity contribution >= 4 is 29.4 Å². The summed E-state index contributed by atoms with van der Waals surface area (Å²) in [5.41, 5.74) is 2.02. The van der Waals surface area contributed by atoms with Crippen molar-refractivity contribution < 1.29 is 9.21 Å². The summed E-state index contributed by atoms with van der Waals surface area (Å²) in [5, 5.41) is 3.79. The summed E-state index contributed by atoms with van der Waals surface area (Å²) >= 11 is 2.91. The number of hydrogen-bond acceptors (Lipinski definition) is 6. The second-order valence-corrected chi connectivity index (χ2v) is 9.53. The van der Waals surface area contributed by atoms with Crippen LogP contribution in [0, 0.1) is 0 Å². The lowest BCUT2D eigenvalue weighted by molar-refractivity contribution is -0.118. The van der Waals surface area contributed by atoms with Crippen molar-refractivity contribution in [2.45, 2.75) is 48.2 Å². The van der Waals surface area contributed by atoms with Crippen LogP contribution in [0.1, 0.15) is 23.9 Å². The SMILES string of the molecule is C[C@@H]1Cc2nc(SCC(=O)NCc3ccco3)n(CCc3ccccc3)c(=O)c2S1. The number of aromatic nitrogens is 2. The average Bonchev–Trinajstić information content (AvgIpc) is 3.40. The molecular weight excluding hydrogens is 418 g/mol. The van der Waals surface area contributed by atoms with Crippen molar-refractivity contribution in [1.29, 1.82) is 0 Å². The fourth-order valence-electron chi connectivity index (χ4n) is 3.30. The van der Waals surface area contributed by atoms with E-state index in [4.69, 9.17) is 9.40 Å². The van der Waals surface area contributed by atoms with Gasteiger partial charge in [0, 0.05) is 18.2 Å². The maximum absolute atomic E-state index is 13.2. The van der Waals surface area contributed by atoms with Gasteiger partial charge in [0.15, 0.2) is 5.16 Å². The Morgan fingerprint density at radius 1 is 1.30 bits per heavy atom. The van der Waals surface area contributed by atoms with Gasteiger partial charge in [-0.1, -0.05) is 49.0 Å². The van der Waals surface area contributed by atoms with E-state index in [1.54, 1.807) is 28.7 Å². The number of carbonyl (C=O) groups is 1. The third-order valence-corrected chi connectivity index (χ3v) is 6.99. The zero-order valence-electron chi connectivity index (χ0n) is 16.7. The van der Waals surface area contributed by atoms with Gasteiger partial charge in [-0.05, 0) is 24.1 Å². The molecule has 3 aromatic rings. The minimum Gasteiger partial charge on any atom is -0.467 e. The molecule has 0 saturated heterocycles. The van der Waals surface area contributed by atoms with Crippen LogP contribution in [0.4, 0.5) is 0 Å². The molecule has 0 saturated carbocycles. The molecule has 1 aromatic carbocycles. The monoisotopic (exact) mass is 441 g/mol. The molecule has 30 heavy (non-hydrogen) atoms. The van der Waals surface area contributed by atoms with Gasteiger partial charge in [-0.25, -0.2) is 4.98 Å². The zero-order valence-corrected chi connectivity index (χ0v) is 18.3. The summed E-state index contributed by atoms with van der Waals surface area (Å²) in [6.07, 6.45) is 3.10. The number of carbonyl (C=O) groups excluding carboxylic acids is 1. The second kappa shape index (κ2) is 9.57. The van der Waals surface area contributed by atoms with E-state index in [0.717, 1.165) is 29.0 Å². The van der Waals surface area contributed by atoms with Gasteiger partial charge in [-0.2, -0.15) is 0 Å². The molecule has 1 N–H and O–H groups in total. The Hall–Kier alpha value is -2.45. The number of thioether (sulfide) groups is 2. The largest absolute Gasteiger partial charge is 0.467 e. The predicted octanol–water partition coefficient (Wildman–Crippen LogP) is 3.52.